The SMILES string of the molecule is CC[CH]OC(F)(F)F. The fraction of sp³-hybridized carbons (Fsp3) is 0.750. The Morgan fingerprint density at radius 1 is 1.50 bits per heavy atom. The molecule has 49 valence electrons. The molecule has 0 saturated carbocycles. The molecule has 0 aliphatic heterocycles. The Balaban J connectivity index is 3.11. The molecule has 0 aromatic carbocycles. The van der Waals surface area contributed by atoms with Crippen molar-refractivity contribution in [3.05, 3.63) is 6.61 Å². The number of hydrogen-bond donors (Lipinski definition) is 0. The monoisotopic (exact) mass is 127 g/mol. The van der Waals surface area contributed by atoms with E-state index < -0.39 is 6.36 Å². The van der Waals surface area contributed by atoms with Crippen LogP contribution in [0.1, 0.15) is 13.3 Å². The van der Waals surface area contributed by atoms with Gasteiger partial charge in [-0.05, 0) is 6.42 Å². The predicted octanol–water partition coefficient (Wildman–Crippen LogP) is 2.09. The average Bonchev–Trinajstić information content (AvgIpc) is 1.59. The van der Waals surface area contributed by atoms with Crippen LogP contribution in [0.15, 0.2) is 0 Å². The summed E-state index contributed by atoms with van der Waals surface area (Å²) in [6, 6.07) is 0. The third-order valence-electron chi connectivity index (χ3n) is 0.384. The Morgan fingerprint density at radius 3 is 2.12 bits per heavy atom. The van der Waals surface area contributed by atoms with Gasteiger partial charge in [0.1, 0.15) is 0 Å². The molecule has 1 radical (unpaired) electrons. The summed E-state index contributed by atoms with van der Waals surface area (Å²) in [6.07, 6.45) is -4.24. The lowest BCUT2D eigenvalue weighted by Crippen LogP contribution is -2.10. The summed E-state index contributed by atoms with van der Waals surface area (Å²) >= 11 is 0. The third kappa shape index (κ3) is 5.75. The Labute approximate surface area is 45.4 Å². The lowest BCUT2D eigenvalue weighted by Gasteiger charge is -2.02. The topological polar surface area (TPSA) is 9.23 Å². The van der Waals surface area contributed by atoms with Crippen molar-refractivity contribution in [1.82, 2.24) is 0 Å². The maximum atomic E-state index is 11.0. The zero-order chi connectivity index (χ0) is 6.62. The molecular formula is C4H6F3O. The van der Waals surface area contributed by atoms with Crippen LogP contribution in [0.25, 0.3) is 0 Å². The summed E-state index contributed by atoms with van der Waals surface area (Å²) in [5, 5.41) is 0. The molecule has 0 aliphatic carbocycles. The molecule has 0 unspecified atom stereocenters. The second kappa shape index (κ2) is 2.91. The molecular weight excluding hydrogens is 121 g/mol. The van der Waals surface area contributed by atoms with Gasteiger partial charge in [0.15, 0.2) is 0 Å². The highest BCUT2D eigenvalue weighted by atomic mass is 19.4. The van der Waals surface area contributed by atoms with Crippen LogP contribution in [0, 0.1) is 6.61 Å². The molecule has 0 fully saturated rings. The number of ether oxygens (including phenoxy) is 1. The fourth-order valence-corrected chi connectivity index (χ4v) is 0.178. The van der Waals surface area contributed by atoms with Crippen molar-refractivity contribution in [2.45, 2.75) is 19.7 Å². The lowest BCUT2D eigenvalue weighted by atomic mass is 10.5. The van der Waals surface area contributed by atoms with Crippen molar-refractivity contribution in [2.24, 2.45) is 0 Å². The van der Waals surface area contributed by atoms with Gasteiger partial charge >= 0.3 is 6.36 Å². The fourth-order valence-electron chi connectivity index (χ4n) is 0.178. The highest BCUT2D eigenvalue weighted by Gasteiger charge is 2.28. The van der Waals surface area contributed by atoms with Crippen molar-refractivity contribution in [3.8, 4) is 0 Å². The molecule has 8 heavy (non-hydrogen) atoms. The Hall–Kier alpha value is -0.250. The molecule has 1 nitrogen and oxygen atoms in total. The van der Waals surface area contributed by atoms with E-state index in [-0.39, 0.29) is 6.42 Å². The number of alkyl halides is 3. The van der Waals surface area contributed by atoms with Crippen LogP contribution in [0.5, 0.6) is 0 Å². The van der Waals surface area contributed by atoms with Gasteiger partial charge in [0.2, 0.25) is 0 Å². The molecule has 0 bridgehead atoms. The van der Waals surface area contributed by atoms with E-state index in [1.165, 1.54) is 0 Å². The van der Waals surface area contributed by atoms with Crippen molar-refractivity contribution >= 4 is 0 Å². The molecule has 0 spiro atoms. The van der Waals surface area contributed by atoms with Crippen LogP contribution >= 0.6 is 0 Å². The van der Waals surface area contributed by atoms with Crippen molar-refractivity contribution in [1.29, 1.82) is 0 Å². The summed E-state index contributed by atoms with van der Waals surface area (Å²) in [6.45, 7) is 2.27. The number of hydrogen-bond acceptors (Lipinski definition) is 1. The largest absolute Gasteiger partial charge is 0.522 e. The molecule has 0 N–H and O–H groups in total. The quantitative estimate of drug-likeness (QED) is 0.551. The van der Waals surface area contributed by atoms with E-state index in [1.54, 1.807) is 6.92 Å². The zero-order valence-corrected chi connectivity index (χ0v) is 4.33. The summed E-state index contributed by atoms with van der Waals surface area (Å²) < 4.78 is 36.2. The van der Waals surface area contributed by atoms with E-state index in [0.717, 1.165) is 0 Å². The van der Waals surface area contributed by atoms with Crippen molar-refractivity contribution in [3.63, 3.8) is 0 Å². The molecule has 4 heteroatoms. The minimum absolute atomic E-state index is 0.263. The third-order valence-corrected chi connectivity index (χ3v) is 0.384. The molecule has 0 rings (SSSR count). The van der Waals surface area contributed by atoms with Gasteiger partial charge in [0, 0.05) is 0 Å². The minimum atomic E-state index is -4.50. The molecule has 0 aromatic heterocycles. The van der Waals surface area contributed by atoms with Gasteiger partial charge in [-0.25, -0.2) is 0 Å². The van der Waals surface area contributed by atoms with Gasteiger partial charge in [0.25, 0.3) is 0 Å². The first-order valence-electron chi connectivity index (χ1n) is 2.12. The van der Waals surface area contributed by atoms with Gasteiger partial charge in [-0.3, -0.25) is 4.74 Å². The molecule has 0 heterocycles. The van der Waals surface area contributed by atoms with Gasteiger partial charge in [-0.1, -0.05) is 6.92 Å². The van der Waals surface area contributed by atoms with E-state index in [9.17, 15) is 13.2 Å². The lowest BCUT2D eigenvalue weighted by molar-refractivity contribution is -0.309. The average molecular weight is 127 g/mol. The van der Waals surface area contributed by atoms with Gasteiger partial charge in [-0.2, -0.15) is 0 Å². The Morgan fingerprint density at radius 2 is 2.00 bits per heavy atom. The Bertz CT molecular complexity index is 58.8. The standard InChI is InChI=1S/C4H6F3O/c1-2-3-8-4(5,6)7/h3H,2H2,1H3. The molecule has 0 amide bonds. The van der Waals surface area contributed by atoms with E-state index in [0.29, 0.717) is 6.61 Å². The van der Waals surface area contributed by atoms with Crippen LogP contribution in [-0.4, -0.2) is 6.36 Å². The first-order valence-corrected chi connectivity index (χ1v) is 2.12. The van der Waals surface area contributed by atoms with Crippen LogP contribution in [0.3, 0.4) is 0 Å². The second-order valence-corrected chi connectivity index (χ2v) is 1.14. The van der Waals surface area contributed by atoms with E-state index in [4.69, 9.17) is 0 Å². The molecule has 0 atom stereocenters. The second-order valence-electron chi connectivity index (χ2n) is 1.14. The van der Waals surface area contributed by atoms with Crippen molar-refractivity contribution < 1.29 is 17.9 Å². The Kier molecular flexibility index (Phi) is 2.82. The predicted molar refractivity (Wildman–Crippen MR) is 21.7 cm³/mol. The summed E-state index contributed by atoms with van der Waals surface area (Å²) in [4.78, 5) is 0. The van der Waals surface area contributed by atoms with Gasteiger partial charge in [0.05, 0.1) is 6.61 Å². The smallest absolute Gasteiger partial charge is 0.286 e. The maximum Gasteiger partial charge on any atom is 0.522 e. The first-order chi connectivity index (χ1) is 3.56. The van der Waals surface area contributed by atoms with Gasteiger partial charge in [-0.15, -0.1) is 13.2 Å². The van der Waals surface area contributed by atoms with E-state index >= 15 is 0 Å². The molecule has 0 aliphatic rings. The van der Waals surface area contributed by atoms with Gasteiger partial charge < -0.3 is 0 Å². The number of halogens is 3. The van der Waals surface area contributed by atoms with Crippen LogP contribution in [-0.2, 0) is 4.74 Å². The van der Waals surface area contributed by atoms with Crippen LogP contribution in [0.2, 0.25) is 0 Å². The minimum Gasteiger partial charge on any atom is -0.286 e. The van der Waals surface area contributed by atoms with E-state index in [1.807, 2.05) is 0 Å². The zero-order valence-electron chi connectivity index (χ0n) is 4.33. The number of rotatable bonds is 2. The van der Waals surface area contributed by atoms with Crippen molar-refractivity contribution in [2.75, 3.05) is 0 Å². The summed E-state index contributed by atoms with van der Waals surface area (Å²) in [5.41, 5.74) is 0. The van der Waals surface area contributed by atoms with Crippen LogP contribution in [0.4, 0.5) is 13.2 Å². The summed E-state index contributed by atoms with van der Waals surface area (Å²) in [7, 11) is 0. The highest BCUT2D eigenvalue weighted by Crippen LogP contribution is 2.17. The highest BCUT2D eigenvalue weighted by molar-refractivity contribution is 4.43. The normalized spacial score (nSPS) is 12.0. The summed E-state index contributed by atoms with van der Waals surface area (Å²) in [5.74, 6) is 0. The maximum absolute atomic E-state index is 11.0. The van der Waals surface area contributed by atoms with E-state index in [2.05, 4.69) is 4.74 Å². The molecule has 0 aromatic rings. The van der Waals surface area contributed by atoms with Crippen LogP contribution < -0.4 is 0 Å². The first kappa shape index (κ1) is 7.75. The molecule has 0 saturated heterocycles.